The molecule has 0 bridgehead atoms. The van der Waals surface area contributed by atoms with Crippen LogP contribution < -0.4 is 0 Å². The van der Waals surface area contributed by atoms with Crippen LogP contribution in [0.15, 0.2) is 36.1 Å². The summed E-state index contributed by atoms with van der Waals surface area (Å²) in [5, 5.41) is 10.1. The standard InChI is InChI=1S/C15H23NO3/c1-6-7-8-12-11(2)16(10-9-13(12)17)14(18)19-15(3,4)5/h6-8,14,18H,2,9-10H2,1,3-5H3/b7-6-,12-8+/t14-/m1/s1. The topological polar surface area (TPSA) is 49.8 Å². The van der Waals surface area contributed by atoms with Crippen molar-refractivity contribution in [1.82, 2.24) is 4.90 Å². The van der Waals surface area contributed by atoms with Crippen LogP contribution >= 0.6 is 0 Å². The molecule has 1 N–H and O–H groups in total. The lowest BCUT2D eigenvalue weighted by Crippen LogP contribution is -2.45. The Balaban J connectivity index is 2.87. The lowest BCUT2D eigenvalue weighted by atomic mass is 9.99. The van der Waals surface area contributed by atoms with Gasteiger partial charge in [-0.3, -0.25) is 4.79 Å². The normalized spacial score (nSPS) is 21.5. The summed E-state index contributed by atoms with van der Waals surface area (Å²) < 4.78 is 5.50. The van der Waals surface area contributed by atoms with E-state index in [2.05, 4.69) is 6.58 Å². The van der Waals surface area contributed by atoms with Crippen LogP contribution in [0.1, 0.15) is 34.1 Å². The number of hydrogen-bond acceptors (Lipinski definition) is 4. The largest absolute Gasteiger partial charge is 0.351 e. The predicted octanol–water partition coefficient (Wildman–Crippen LogP) is 2.37. The highest BCUT2D eigenvalue weighted by Crippen LogP contribution is 2.26. The molecule has 1 rings (SSSR count). The summed E-state index contributed by atoms with van der Waals surface area (Å²) in [5.41, 5.74) is 0.570. The molecule has 19 heavy (non-hydrogen) atoms. The molecule has 1 fully saturated rings. The van der Waals surface area contributed by atoms with Gasteiger partial charge in [-0.2, -0.15) is 0 Å². The maximum absolute atomic E-state index is 11.9. The van der Waals surface area contributed by atoms with E-state index in [-0.39, 0.29) is 5.78 Å². The quantitative estimate of drug-likeness (QED) is 0.628. The van der Waals surface area contributed by atoms with Crippen molar-refractivity contribution in [2.24, 2.45) is 0 Å². The molecule has 4 nitrogen and oxygen atoms in total. The van der Waals surface area contributed by atoms with Crippen LogP contribution in [0.25, 0.3) is 0 Å². The molecule has 0 radical (unpaired) electrons. The van der Waals surface area contributed by atoms with Crippen LogP contribution in [0.3, 0.4) is 0 Å². The van der Waals surface area contributed by atoms with E-state index in [4.69, 9.17) is 4.74 Å². The Hall–Kier alpha value is -1.39. The van der Waals surface area contributed by atoms with Crippen LogP contribution in [0, 0.1) is 0 Å². The molecule has 0 amide bonds. The van der Waals surface area contributed by atoms with Crippen molar-refractivity contribution in [1.29, 1.82) is 0 Å². The third kappa shape index (κ3) is 4.33. The van der Waals surface area contributed by atoms with E-state index in [9.17, 15) is 9.90 Å². The van der Waals surface area contributed by atoms with Crippen molar-refractivity contribution >= 4 is 5.78 Å². The third-order valence-electron chi connectivity index (χ3n) is 2.72. The molecule has 1 heterocycles. The summed E-state index contributed by atoms with van der Waals surface area (Å²) in [7, 11) is 0. The highest BCUT2D eigenvalue weighted by atomic mass is 16.6. The fourth-order valence-electron chi connectivity index (χ4n) is 1.81. The van der Waals surface area contributed by atoms with Crippen LogP contribution in [0.4, 0.5) is 0 Å². The summed E-state index contributed by atoms with van der Waals surface area (Å²) in [4.78, 5) is 13.5. The molecular weight excluding hydrogens is 242 g/mol. The van der Waals surface area contributed by atoms with E-state index in [0.717, 1.165) is 0 Å². The van der Waals surface area contributed by atoms with Crippen molar-refractivity contribution in [2.45, 2.75) is 46.1 Å². The number of nitrogens with zero attached hydrogens (tertiary/aromatic N) is 1. The van der Waals surface area contributed by atoms with Gasteiger partial charge in [0.15, 0.2) is 5.78 Å². The predicted molar refractivity (Wildman–Crippen MR) is 75.2 cm³/mol. The first-order valence-corrected chi connectivity index (χ1v) is 6.44. The Labute approximate surface area is 115 Å². The summed E-state index contributed by atoms with van der Waals surface area (Å²) in [6, 6.07) is 0. The van der Waals surface area contributed by atoms with E-state index in [1.165, 1.54) is 0 Å². The number of rotatable bonds is 3. The minimum Gasteiger partial charge on any atom is -0.351 e. The minimum atomic E-state index is -1.09. The number of hydrogen-bond donors (Lipinski definition) is 1. The average molecular weight is 265 g/mol. The van der Waals surface area contributed by atoms with Crippen molar-refractivity contribution in [3.05, 3.63) is 36.1 Å². The van der Waals surface area contributed by atoms with Gasteiger partial charge in [-0.1, -0.05) is 18.7 Å². The van der Waals surface area contributed by atoms with E-state index in [0.29, 0.717) is 24.2 Å². The van der Waals surface area contributed by atoms with Gasteiger partial charge in [0.1, 0.15) is 0 Å². The third-order valence-corrected chi connectivity index (χ3v) is 2.72. The summed E-state index contributed by atoms with van der Waals surface area (Å²) >= 11 is 0. The maximum atomic E-state index is 11.9. The minimum absolute atomic E-state index is 0.0438. The van der Waals surface area contributed by atoms with Crippen molar-refractivity contribution in [2.75, 3.05) is 6.54 Å². The maximum Gasteiger partial charge on any atom is 0.238 e. The molecule has 106 valence electrons. The molecule has 0 aromatic rings. The Morgan fingerprint density at radius 3 is 2.63 bits per heavy atom. The van der Waals surface area contributed by atoms with Gasteiger partial charge in [-0.15, -0.1) is 0 Å². The smallest absolute Gasteiger partial charge is 0.238 e. The fraction of sp³-hybridized carbons (Fsp3) is 0.533. The molecule has 0 spiro atoms. The van der Waals surface area contributed by atoms with Gasteiger partial charge in [-0.25, -0.2) is 0 Å². The molecule has 0 aliphatic carbocycles. The first-order chi connectivity index (χ1) is 8.76. The number of ketones is 1. The number of likely N-dealkylation sites (tertiary alicyclic amines) is 1. The second-order valence-corrected chi connectivity index (χ2v) is 5.48. The molecule has 1 atom stereocenters. The van der Waals surface area contributed by atoms with Crippen molar-refractivity contribution < 1.29 is 14.6 Å². The molecular formula is C15H23NO3. The Morgan fingerprint density at radius 2 is 2.11 bits per heavy atom. The monoisotopic (exact) mass is 265 g/mol. The first kappa shape index (κ1) is 15.7. The van der Waals surface area contributed by atoms with Gasteiger partial charge in [-0.05, 0) is 33.8 Å². The Morgan fingerprint density at radius 1 is 1.47 bits per heavy atom. The summed E-state index contributed by atoms with van der Waals surface area (Å²) in [5.74, 6) is 0.0438. The first-order valence-electron chi connectivity index (χ1n) is 6.44. The van der Waals surface area contributed by atoms with Crippen LogP contribution in [-0.4, -0.2) is 34.3 Å². The zero-order valence-electron chi connectivity index (χ0n) is 12.1. The van der Waals surface area contributed by atoms with E-state index < -0.39 is 12.0 Å². The number of piperidine rings is 1. The molecule has 1 saturated heterocycles. The Kier molecular flexibility index (Phi) is 5.09. The second kappa shape index (κ2) is 6.17. The van der Waals surface area contributed by atoms with Gasteiger partial charge in [0.05, 0.1) is 5.60 Å². The lowest BCUT2D eigenvalue weighted by molar-refractivity contribution is -0.229. The molecule has 1 aliphatic rings. The second-order valence-electron chi connectivity index (χ2n) is 5.48. The van der Waals surface area contributed by atoms with E-state index in [1.807, 2.05) is 33.8 Å². The number of carbonyl (C=O) groups excluding carboxylic acids is 1. The van der Waals surface area contributed by atoms with E-state index >= 15 is 0 Å². The van der Waals surface area contributed by atoms with Gasteiger partial charge < -0.3 is 14.7 Å². The number of ether oxygens (including phenoxy) is 1. The van der Waals surface area contributed by atoms with Gasteiger partial charge in [0.2, 0.25) is 6.41 Å². The SMILES string of the molecule is C=C1/C(=C\C=C/C)C(=O)CCN1[C@H](O)OC(C)(C)C. The fourth-order valence-corrected chi connectivity index (χ4v) is 1.81. The molecule has 0 aromatic carbocycles. The zero-order valence-corrected chi connectivity index (χ0v) is 12.1. The lowest BCUT2D eigenvalue weighted by Gasteiger charge is -2.37. The van der Waals surface area contributed by atoms with Crippen LogP contribution in [0.2, 0.25) is 0 Å². The van der Waals surface area contributed by atoms with Gasteiger partial charge >= 0.3 is 0 Å². The molecule has 0 saturated carbocycles. The number of allylic oxidation sites excluding steroid dienone is 4. The zero-order chi connectivity index (χ0) is 14.6. The number of carbonyl (C=O) groups is 1. The Bertz CT molecular complexity index is 416. The van der Waals surface area contributed by atoms with Crippen molar-refractivity contribution in [3.63, 3.8) is 0 Å². The van der Waals surface area contributed by atoms with Crippen LogP contribution in [-0.2, 0) is 9.53 Å². The number of aliphatic hydroxyl groups is 1. The van der Waals surface area contributed by atoms with Crippen molar-refractivity contribution in [3.8, 4) is 0 Å². The molecule has 0 unspecified atom stereocenters. The van der Waals surface area contributed by atoms with Crippen LogP contribution in [0.5, 0.6) is 0 Å². The highest BCUT2D eigenvalue weighted by molar-refractivity contribution is 6.00. The number of aliphatic hydroxyl groups excluding tert-OH is 1. The average Bonchev–Trinajstić information content (AvgIpc) is 2.26. The van der Waals surface area contributed by atoms with Gasteiger partial charge in [0, 0.05) is 24.2 Å². The number of Topliss-reactive ketones (excluding diaryl/α,β-unsaturated/α-hetero) is 1. The molecule has 1 aliphatic heterocycles. The molecule has 4 heteroatoms. The van der Waals surface area contributed by atoms with E-state index in [1.54, 1.807) is 17.1 Å². The summed E-state index contributed by atoms with van der Waals surface area (Å²) in [6.07, 6.45) is 4.62. The molecule has 0 aromatic heterocycles. The highest BCUT2D eigenvalue weighted by Gasteiger charge is 2.30. The summed E-state index contributed by atoms with van der Waals surface area (Å²) in [6.45, 7) is 11.8. The van der Waals surface area contributed by atoms with Gasteiger partial charge in [0.25, 0.3) is 0 Å².